The number of anilines is 1. The smallest absolute Gasteiger partial charge is 0.270 e. The topological polar surface area (TPSA) is 55.2 Å². The number of nitrogens with one attached hydrogen (secondary N) is 1. The number of rotatable bonds is 2. The molecule has 0 saturated carbocycles. The number of nitro benzene ring substituents is 1. The van der Waals surface area contributed by atoms with Gasteiger partial charge in [-0.3, -0.25) is 10.1 Å². The third-order valence-electron chi connectivity index (χ3n) is 5.10. The van der Waals surface area contributed by atoms with Crippen LogP contribution in [0.25, 0.3) is 0 Å². The van der Waals surface area contributed by atoms with Crippen LogP contribution in [0.2, 0.25) is 5.02 Å². The number of benzene rings is 2. The van der Waals surface area contributed by atoms with Crippen molar-refractivity contribution in [2.75, 3.05) is 5.32 Å². The maximum absolute atomic E-state index is 11.2. The molecule has 2 aliphatic rings. The number of hydrogen-bond donors (Lipinski definition) is 1. The van der Waals surface area contributed by atoms with E-state index in [1.165, 1.54) is 0 Å². The summed E-state index contributed by atoms with van der Waals surface area (Å²) in [5.74, 6) is 0.500. The van der Waals surface area contributed by atoms with Crippen molar-refractivity contribution >= 4 is 23.0 Å². The molecule has 0 saturated heterocycles. The quantitative estimate of drug-likeness (QED) is 0.453. The second-order valence-corrected chi connectivity index (χ2v) is 6.89. The van der Waals surface area contributed by atoms with Gasteiger partial charge in [-0.15, -0.1) is 0 Å². The maximum atomic E-state index is 11.2. The molecule has 0 fully saturated rings. The number of aryl methyl sites for hydroxylation is 1. The van der Waals surface area contributed by atoms with Gasteiger partial charge in [0.1, 0.15) is 0 Å². The molecule has 1 N–H and O–H groups in total. The number of hydrogen-bond acceptors (Lipinski definition) is 3. The fraction of sp³-hybridized carbons (Fsp3) is 0.263. The molecule has 122 valence electrons. The minimum absolute atomic E-state index is 0.103. The van der Waals surface area contributed by atoms with E-state index in [9.17, 15) is 10.1 Å². The van der Waals surface area contributed by atoms with Crippen molar-refractivity contribution < 1.29 is 4.92 Å². The van der Waals surface area contributed by atoms with Gasteiger partial charge in [-0.1, -0.05) is 42.0 Å². The SMILES string of the molecule is Cc1cc([N+](=O)[O-])cc2c1N[C@H](c1ccccc1Cl)[C@H]1CC=C[C@H]21. The van der Waals surface area contributed by atoms with Crippen molar-refractivity contribution in [1.82, 2.24) is 0 Å². The zero-order valence-electron chi connectivity index (χ0n) is 13.2. The Morgan fingerprint density at radius 3 is 2.79 bits per heavy atom. The molecule has 0 radical (unpaired) electrons. The minimum atomic E-state index is -0.318. The predicted octanol–water partition coefficient (Wildman–Crippen LogP) is 5.38. The third-order valence-corrected chi connectivity index (χ3v) is 5.45. The molecular formula is C19H17ClN2O2. The lowest BCUT2D eigenvalue weighted by Crippen LogP contribution is -2.29. The number of fused-ring (bicyclic) bond motifs is 3. The number of nitro groups is 1. The van der Waals surface area contributed by atoms with Gasteiger partial charge in [-0.2, -0.15) is 0 Å². The zero-order chi connectivity index (χ0) is 16.8. The van der Waals surface area contributed by atoms with E-state index >= 15 is 0 Å². The van der Waals surface area contributed by atoms with Crippen LogP contribution in [0.3, 0.4) is 0 Å². The monoisotopic (exact) mass is 340 g/mol. The molecule has 3 atom stereocenters. The zero-order valence-corrected chi connectivity index (χ0v) is 14.0. The molecule has 5 heteroatoms. The maximum Gasteiger partial charge on any atom is 0.270 e. The molecular weight excluding hydrogens is 324 g/mol. The molecule has 4 nitrogen and oxygen atoms in total. The van der Waals surface area contributed by atoms with Crippen molar-refractivity contribution in [2.24, 2.45) is 5.92 Å². The Bertz CT molecular complexity index is 862. The number of non-ortho nitro benzene ring substituents is 1. The van der Waals surface area contributed by atoms with Crippen LogP contribution in [0.1, 0.15) is 35.1 Å². The molecule has 0 amide bonds. The van der Waals surface area contributed by atoms with Gasteiger partial charge in [0.25, 0.3) is 5.69 Å². The highest BCUT2D eigenvalue weighted by atomic mass is 35.5. The third kappa shape index (κ3) is 2.29. The highest BCUT2D eigenvalue weighted by Crippen LogP contribution is 2.52. The van der Waals surface area contributed by atoms with Crippen LogP contribution in [0.4, 0.5) is 11.4 Å². The average molecular weight is 341 g/mol. The second kappa shape index (κ2) is 5.64. The summed E-state index contributed by atoms with van der Waals surface area (Å²) in [6.07, 6.45) is 5.29. The van der Waals surface area contributed by atoms with Crippen molar-refractivity contribution in [1.29, 1.82) is 0 Å². The van der Waals surface area contributed by atoms with Gasteiger partial charge >= 0.3 is 0 Å². The van der Waals surface area contributed by atoms with E-state index in [2.05, 4.69) is 23.5 Å². The van der Waals surface area contributed by atoms with E-state index < -0.39 is 0 Å². The molecule has 0 unspecified atom stereocenters. The van der Waals surface area contributed by atoms with E-state index in [4.69, 9.17) is 11.6 Å². The molecule has 0 aromatic heterocycles. The normalized spacial score (nSPS) is 24.2. The Kier molecular flexibility index (Phi) is 3.57. The van der Waals surface area contributed by atoms with Crippen LogP contribution >= 0.6 is 11.6 Å². The van der Waals surface area contributed by atoms with Gasteiger partial charge in [0.05, 0.1) is 11.0 Å². The van der Waals surface area contributed by atoms with Crippen molar-refractivity contribution in [3.8, 4) is 0 Å². The highest BCUT2D eigenvalue weighted by molar-refractivity contribution is 6.31. The van der Waals surface area contributed by atoms with E-state index in [-0.39, 0.29) is 22.6 Å². The van der Waals surface area contributed by atoms with Crippen molar-refractivity contribution in [2.45, 2.75) is 25.3 Å². The first-order chi connectivity index (χ1) is 11.6. The van der Waals surface area contributed by atoms with Crippen LogP contribution in [-0.2, 0) is 0 Å². The molecule has 2 aromatic carbocycles. The van der Waals surface area contributed by atoms with Crippen LogP contribution in [-0.4, -0.2) is 4.92 Å². The van der Waals surface area contributed by atoms with Gasteiger partial charge in [0.2, 0.25) is 0 Å². The number of halogens is 1. The summed E-state index contributed by atoms with van der Waals surface area (Å²) in [6.45, 7) is 1.92. The molecule has 1 aliphatic carbocycles. The highest BCUT2D eigenvalue weighted by Gasteiger charge is 2.39. The largest absolute Gasteiger partial charge is 0.377 e. The Hall–Kier alpha value is -2.33. The van der Waals surface area contributed by atoms with Gasteiger partial charge in [0.15, 0.2) is 0 Å². The Morgan fingerprint density at radius 1 is 1.25 bits per heavy atom. The molecule has 1 aliphatic heterocycles. The lowest BCUT2D eigenvalue weighted by Gasteiger charge is -2.38. The van der Waals surface area contributed by atoms with Gasteiger partial charge < -0.3 is 5.32 Å². The fourth-order valence-electron chi connectivity index (χ4n) is 4.01. The summed E-state index contributed by atoms with van der Waals surface area (Å²) < 4.78 is 0. The summed E-state index contributed by atoms with van der Waals surface area (Å²) in [6, 6.07) is 11.3. The Morgan fingerprint density at radius 2 is 2.04 bits per heavy atom. The van der Waals surface area contributed by atoms with Crippen molar-refractivity contribution in [3.05, 3.63) is 80.4 Å². The van der Waals surface area contributed by atoms with Gasteiger partial charge in [-0.05, 0) is 42.0 Å². The Balaban J connectivity index is 1.85. The van der Waals surface area contributed by atoms with E-state index in [1.54, 1.807) is 12.1 Å². The first-order valence-corrected chi connectivity index (χ1v) is 8.40. The molecule has 1 heterocycles. The molecule has 4 rings (SSSR count). The summed E-state index contributed by atoms with van der Waals surface area (Å²) in [4.78, 5) is 10.9. The van der Waals surface area contributed by atoms with E-state index in [1.807, 2.05) is 25.1 Å². The summed E-state index contributed by atoms with van der Waals surface area (Å²) in [7, 11) is 0. The molecule has 0 spiro atoms. The van der Waals surface area contributed by atoms with E-state index in [0.717, 1.165) is 33.8 Å². The standard InChI is InChI=1S/C19H17ClN2O2/c1-11-9-12(22(23)24)10-16-13-6-4-7-14(13)19(21-18(11)16)15-5-2-3-8-17(15)20/h2-6,8-10,13-14,19,21H,7H2,1H3/t13-,14-,19-/m0/s1. The first kappa shape index (κ1) is 15.2. The van der Waals surface area contributed by atoms with Crippen LogP contribution < -0.4 is 5.32 Å². The average Bonchev–Trinajstić information content (AvgIpc) is 3.05. The number of nitrogens with zero attached hydrogens (tertiary/aromatic N) is 1. The van der Waals surface area contributed by atoms with Crippen LogP contribution in [0.5, 0.6) is 0 Å². The Labute approximate surface area is 145 Å². The van der Waals surface area contributed by atoms with Crippen LogP contribution in [0, 0.1) is 23.0 Å². The van der Waals surface area contributed by atoms with Crippen LogP contribution in [0.15, 0.2) is 48.6 Å². The summed E-state index contributed by atoms with van der Waals surface area (Å²) in [5, 5.41) is 15.6. The fourth-order valence-corrected chi connectivity index (χ4v) is 4.26. The van der Waals surface area contributed by atoms with Crippen molar-refractivity contribution in [3.63, 3.8) is 0 Å². The molecule has 0 bridgehead atoms. The van der Waals surface area contributed by atoms with Gasteiger partial charge in [-0.25, -0.2) is 0 Å². The number of allylic oxidation sites excluding steroid dienone is 2. The summed E-state index contributed by atoms with van der Waals surface area (Å²) >= 11 is 6.43. The molecule has 24 heavy (non-hydrogen) atoms. The van der Waals surface area contributed by atoms with E-state index in [0.29, 0.717) is 5.92 Å². The lowest BCUT2D eigenvalue weighted by molar-refractivity contribution is -0.385. The minimum Gasteiger partial charge on any atom is -0.377 e. The lowest BCUT2D eigenvalue weighted by atomic mass is 9.76. The molecule has 2 aromatic rings. The second-order valence-electron chi connectivity index (χ2n) is 6.48. The predicted molar refractivity (Wildman–Crippen MR) is 95.6 cm³/mol. The summed E-state index contributed by atoms with van der Waals surface area (Å²) in [5.41, 5.74) is 4.15. The first-order valence-electron chi connectivity index (χ1n) is 8.03. The van der Waals surface area contributed by atoms with Gasteiger partial charge in [0, 0.05) is 28.8 Å².